The molecule has 0 aliphatic heterocycles. The van der Waals surface area contributed by atoms with Gasteiger partial charge in [-0.15, -0.1) is 0 Å². The average molecular weight is 454 g/mol. The third-order valence-electron chi connectivity index (χ3n) is 4.83. The lowest BCUT2D eigenvalue weighted by atomic mass is 10.1. The number of rotatable bonds is 7. The van der Waals surface area contributed by atoms with Crippen LogP contribution in [0.15, 0.2) is 53.3 Å². The Morgan fingerprint density at radius 3 is 2.84 bits per heavy atom. The summed E-state index contributed by atoms with van der Waals surface area (Å²) in [5, 5.41) is 8.02. The summed E-state index contributed by atoms with van der Waals surface area (Å²) in [5.41, 5.74) is 3.13. The number of methoxy groups -OCH3 is 1. The molecule has 166 valence electrons. The maximum absolute atomic E-state index is 12.8. The van der Waals surface area contributed by atoms with E-state index in [2.05, 4.69) is 15.4 Å². The van der Waals surface area contributed by atoms with E-state index in [1.165, 1.54) is 19.6 Å². The quantitative estimate of drug-likeness (QED) is 0.437. The van der Waals surface area contributed by atoms with Gasteiger partial charge in [-0.3, -0.25) is 18.5 Å². The van der Waals surface area contributed by atoms with Crippen molar-refractivity contribution in [2.75, 3.05) is 24.4 Å². The molecular formula is C22H23N5O4S. The standard InChI is InChI=1S/C22H23N5O4S/c1-14-5-4-6-15(9-14)22-25-19(13-31-22)21(28)24-18-10-16-12-27(7-8-32(3,23)29)26-17(16)11-20(18)30-2/h4-6,9-13,23H,7-8H2,1-3H3,(H,24,28). The predicted octanol–water partition coefficient (Wildman–Crippen LogP) is 3.94. The highest BCUT2D eigenvalue weighted by Gasteiger charge is 2.17. The zero-order valence-corrected chi connectivity index (χ0v) is 18.7. The first-order chi connectivity index (χ1) is 15.2. The molecule has 4 aromatic rings. The molecule has 1 amide bonds. The molecule has 0 bridgehead atoms. The Morgan fingerprint density at radius 1 is 1.31 bits per heavy atom. The number of nitrogens with one attached hydrogen (secondary N) is 2. The molecule has 2 aromatic heterocycles. The second-order valence-corrected chi connectivity index (χ2v) is 9.99. The Bertz CT molecular complexity index is 1400. The van der Waals surface area contributed by atoms with Crippen molar-refractivity contribution in [1.29, 1.82) is 4.78 Å². The van der Waals surface area contributed by atoms with Gasteiger partial charge < -0.3 is 14.5 Å². The van der Waals surface area contributed by atoms with Gasteiger partial charge in [-0.05, 0) is 25.1 Å². The number of hydrogen-bond donors (Lipinski definition) is 2. The van der Waals surface area contributed by atoms with Crippen LogP contribution in [-0.2, 0) is 16.3 Å². The number of aromatic nitrogens is 3. The number of fused-ring (bicyclic) bond motifs is 1. The molecule has 0 aliphatic carbocycles. The molecule has 0 spiro atoms. The van der Waals surface area contributed by atoms with Crippen molar-refractivity contribution >= 4 is 32.2 Å². The minimum Gasteiger partial charge on any atom is -0.494 e. The first-order valence-electron chi connectivity index (χ1n) is 9.82. The van der Waals surface area contributed by atoms with E-state index in [0.29, 0.717) is 29.4 Å². The molecule has 32 heavy (non-hydrogen) atoms. The number of amides is 1. The summed E-state index contributed by atoms with van der Waals surface area (Å²) in [4.78, 5) is 17.1. The monoisotopic (exact) mass is 453 g/mol. The Morgan fingerprint density at radius 2 is 2.12 bits per heavy atom. The SMILES string of the molecule is COc1cc2nn(CCS(C)(=N)=O)cc2cc1NC(=O)c1coc(-c2cccc(C)c2)n1. The molecule has 0 saturated carbocycles. The molecule has 0 saturated heterocycles. The largest absolute Gasteiger partial charge is 0.494 e. The minimum atomic E-state index is -2.61. The fraction of sp³-hybridized carbons (Fsp3) is 0.227. The molecule has 4 rings (SSSR count). The fourth-order valence-corrected chi connectivity index (χ4v) is 3.76. The molecule has 2 N–H and O–H groups in total. The van der Waals surface area contributed by atoms with Crippen molar-refractivity contribution in [1.82, 2.24) is 14.8 Å². The number of ether oxygens (including phenoxy) is 1. The van der Waals surface area contributed by atoms with Crippen LogP contribution in [0.2, 0.25) is 0 Å². The Labute approximate surface area is 185 Å². The van der Waals surface area contributed by atoms with Gasteiger partial charge in [0, 0.05) is 39.2 Å². The van der Waals surface area contributed by atoms with Gasteiger partial charge in [0.25, 0.3) is 5.91 Å². The number of hydrogen-bond acceptors (Lipinski definition) is 7. The van der Waals surface area contributed by atoms with Crippen LogP contribution in [-0.4, -0.2) is 44.0 Å². The summed E-state index contributed by atoms with van der Waals surface area (Å²) >= 11 is 0. The van der Waals surface area contributed by atoms with Gasteiger partial charge >= 0.3 is 0 Å². The highest BCUT2D eigenvalue weighted by atomic mass is 32.2. The number of benzene rings is 2. The zero-order chi connectivity index (χ0) is 22.9. The van der Waals surface area contributed by atoms with E-state index >= 15 is 0 Å². The Balaban J connectivity index is 1.57. The number of nitrogens with zero attached hydrogens (tertiary/aromatic N) is 3. The van der Waals surface area contributed by atoms with E-state index in [-0.39, 0.29) is 11.4 Å². The highest BCUT2D eigenvalue weighted by molar-refractivity contribution is 7.91. The van der Waals surface area contributed by atoms with Gasteiger partial charge in [-0.2, -0.15) is 5.10 Å². The minimum absolute atomic E-state index is 0.146. The van der Waals surface area contributed by atoms with Crippen molar-refractivity contribution in [2.45, 2.75) is 13.5 Å². The molecule has 0 aliphatic rings. The van der Waals surface area contributed by atoms with Crippen LogP contribution >= 0.6 is 0 Å². The Kier molecular flexibility index (Phi) is 5.70. The molecule has 2 heterocycles. The second kappa shape index (κ2) is 8.46. The highest BCUT2D eigenvalue weighted by Crippen LogP contribution is 2.30. The van der Waals surface area contributed by atoms with Gasteiger partial charge in [0.15, 0.2) is 5.69 Å². The molecule has 1 unspecified atom stereocenters. The average Bonchev–Trinajstić information content (AvgIpc) is 3.38. The molecular weight excluding hydrogens is 430 g/mol. The lowest BCUT2D eigenvalue weighted by molar-refractivity contribution is 0.102. The second-order valence-electron chi connectivity index (χ2n) is 7.57. The number of aryl methyl sites for hydroxylation is 2. The summed E-state index contributed by atoms with van der Waals surface area (Å²) in [7, 11) is -1.10. The first kappa shape index (κ1) is 21.6. The summed E-state index contributed by atoms with van der Waals surface area (Å²) in [6, 6.07) is 11.1. The lowest BCUT2D eigenvalue weighted by Crippen LogP contribution is -2.13. The molecule has 10 heteroatoms. The van der Waals surface area contributed by atoms with Crippen LogP contribution in [0.1, 0.15) is 16.1 Å². The number of carbonyl (C=O) groups excluding carboxylic acids is 1. The van der Waals surface area contributed by atoms with Crippen molar-refractivity contribution in [3.8, 4) is 17.2 Å². The van der Waals surface area contributed by atoms with Crippen LogP contribution < -0.4 is 10.1 Å². The van der Waals surface area contributed by atoms with Crippen LogP contribution in [0.3, 0.4) is 0 Å². The first-order valence-corrected chi connectivity index (χ1v) is 12.0. The summed E-state index contributed by atoms with van der Waals surface area (Å²) in [6.07, 6.45) is 4.50. The van der Waals surface area contributed by atoms with E-state index in [1.54, 1.807) is 23.0 Å². The van der Waals surface area contributed by atoms with Crippen molar-refractivity contribution in [3.05, 3.63) is 60.1 Å². The van der Waals surface area contributed by atoms with E-state index in [9.17, 15) is 9.00 Å². The third kappa shape index (κ3) is 4.80. The predicted molar refractivity (Wildman–Crippen MR) is 123 cm³/mol. The summed E-state index contributed by atoms with van der Waals surface area (Å²) in [5.74, 6) is 0.581. The van der Waals surface area contributed by atoms with Gasteiger partial charge in [0.1, 0.15) is 12.0 Å². The van der Waals surface area contributed by atoms with Crippen LogP contribution in [0.25, 0.3) is 22.4 Å². The van der Waals surface area contributed by atoms with Gasteiger partial charge in [0.2, 0.25) is 5.89 Å². The van der Waals surface area contributed by atoms with Crippen LogP contribution in [0.4, 0.5) is 5.69 Å². The topological polar surface area (TPSA) is 123 Å². The number of anilines is 1. The summed E-state index contributed by atoms with van der Waals surface area (Å²) < 4.78 is 31.7. The maximum atomic E-state index is 12.8. The van der Waals surface area contributed by atoms with Gasteiger partial charge in [0.05, 0.1) is 30.6 Å². The zero-order valence-electron chi connectivity index (χ0n) is 17.9. The van der Waals surface area contributed by atoms with Crippen LogP contribution in [0, 0.1) is 11.7 Å². The number of carbonyl (C=O) groups is 1. The van der Waals surface area contributed by atoms with E-state index in [4.69, 9.17) is 13.9 Å². The van der Waals surface area contributed by atoms with Crippen molar-refractivity contribution < 1.29 is 18.2 Å². The summed E-state index contributed by atoms with van der Waals surface area (Å²) in [6.45, 7) is 2.33. The fourth-order valence-electron chi connectivity index (χ4n) is 3.23. The van der Waals surface area contributed by atoms with E-state index < -0.39 is 15.6 Å². The lowest BCUT2D eigenvalue weighted by Gasteiger charge is -2.09. The smallest absolute Gasteiger partial charge is 0.277 e. The molecule has 0 fully saturated rings. The van der Waals surface area contributed by atoms with Crippen molar-refractivity contribution in [3.63, 3.8) is 0 Å². The van der Waals surface area contributed by atoms with E-state index in [0.717, 1.165) is 16.5 Å². The van der Waals surface area contributed by atoms with Gasteiger partial charge in [-0.1, -0.05) is 17.7 Å². The van der Waals surface area contributed by atoms with Crippen LogP contribution in [0.5, 0.6) is 5.75 Å². The molecule has 2 aromatic carbocycles. The molecule has 1 atom stereocenters. The van der Waals surface area contributed by atoms with E-state index in [1.807, 2.05) is 31.2 Å². The molecule has 0 radical (unpaired) electrons. The number of oxazole rings is 1. The van der Waals surface area contributed by atoms with Gasteiger partial charge in [-0.25, -0.2) is 4.98 Å². The normalized spacial score (nSPS) is 13.1. The third-order valence-corrected chi connectivity index (χ3v) is 5.79. The molecule has 9 nitrogen and oxygen atoms in total. The van der Waals surface area contributed by atoms with Crippen molar-refractivity contribution in [2.24, 2.45) is 0 Å². The Hall–Kier alpha value is -3.66. The maximum Gasteiger partial charge on any atom is 0.277 e.